The highest BCUT2D eigenvalue weighted by Gasteiger charge is 2.24. The number of carbonyl (C=O) groups is 1. The molecule has 2 aromatic heterocycles. The molecular weight excluding hydrogens is 356 g/mol. The third-order valence-corrected chi connectivity index (χ3v) is 4.77. The molecule has 1 amide bonds. The van der Waals surface area contributed by atoms with Gasteiger partial charge in [0.15, 0.2) is 5.69 Å². The van der Waals surface area contributed by atoms with Gasteiger partial charge in [-0.25, -0.2) is 9.67 Å². The zero-order valence-electron chi connectivity index (χ0n) is 15.7. The van der Waals surface area contributed by atoms with Crippen molar-refractivity contribution in [2.45, 2.75) is 32.1 Å². The molecule has 0 aliphatic heterocycles. The summed E-state index contributed by atoms with van der Waals surface area (Å²) in [5.41, 5.74) is 8.94. The number of ether oxygens (including phenoxy) is 1. The van der Waals surface area contributed by atoms with Crippen LogP contribution in [0.4, 0.5) is 5.95 Å². The Morgan fingerprint density at radius 2 is 1.93 bits per heavy atom. The van der Waals surface area contributed by atoms with Gasteiger partial charge >= 0.3 is 0 Å². The quantitative estimate of drug-likeness (QED) is 0.524. The van der Waals surface area contributed by atoms with E-state index in [1.807, 2.05) is 35.0 Å². The molecule has 0 saturated heterocycles. The van der Waals surface area contributed by atoms with Gasteiger partial charge in [-0.2, -0.15) is 10.1 Å². The number of carbonyl (C=O) groups excluding carboxylic acids is 1. The minimum absolute atomic E-state index is 0.251. The fourth-order valence-corrected chi connectivity index (χ4v) is 3.43. The van der Waals surface area contributed by atoms with E-state index in [4.69, 9.17) is 4.74 Å². The normalized spacial score (nSPS) is 13.3. The maximum absolute atomic E-state index is 12.9. The van der Waals surface area contributed by atoms with Crippen LogP contribution in [0.1, 0.15) is 41.0 Å². The van der Waals surface area contributed by atoms with Crippen molar-refractivity contribution in [3.63, 3.8) is 0 Å². The molecule has 0 radical (unpaired) electrons. The Labute approximate surface area is 162 Å². The number of amides is 1. The van der Waals surface area contributed by atoms with Crippen molar-refractivity contribution >= 4 is 11.9 Å². The predicted molar refractivity (Wildman–Crippen MR) is 104 cm³/mol. The van der Waals surface area contributed by atoms with E-state index in [0.29, 0.717) is 11.6 Å². The zero-order chi connectivity index (χ0) is 19.3. The first-order chi connectivity index (χ1) is 13.8. The SMILES string of the molecule is COc1ccnc(NNC(=O)c2nn(-c3ccccc3)c3c2CCCCC3)n1. The smallest absolute Gasteiger partial charge is 0.290 e. The van der Waals surface area contributed by atoms with Gasteiger partial charge < -0.3 is 4.74 Å². The van der Waals surface area contributed by atoms with Crippen LogP contribution in [0.3, 0.4) is 0 Å². The summed E-state index contributed by atoms with van der Waals surface area (Å²) in [5, 5.41) is 4.65. The molecule has 1 aliphatic rings. The number of hydrogen-bond acceptors (Lipinski definition) is 6. The Morgan fingerprint density at radius 1 is 1.11 bits per heavy atom. The highest BCUT2D eigenvalue weighted by Crippen LogP contribution is 2.26. The molecule has 0 unspecified atom stereocenters. The van der Waals surface area contributed by atoms with Crippen molar-refractivity contribution in [3.05, 3.63) is 59.5 Å². The van der Waals surface area contributed by atoms with Crippen LogP contribution in [0.5, 0.6) is 5.88 Å². The number of rotatable bonds is 5. The fraction of sp³-hybridized carbons (Fsp3) is 0.300. The molecule has 0 fully saturated rings. The van der Waals surface area contributed by atoms with E-state index in [-0.39, 0.29) is 11.9 Å². The lowest BCUT2D eigenvalue weighted by Gasteiger charge is -2.07. The van der Waals surface area contributed by atoms with Gasteiger partial charge in [0, 0.05) is 23.5 Å². The molecule has 144 valence electrons. The van der Waals surface area contributed by atoms with E-state index in [9.17, 15) is 4.79 Å². The molecule has 2 heterocycles. The van der Waals surface area contributed by atoms with Gasteiger partial charge in [-0.15, -0.1) is 0 Å². The van der Waals surface area contributed by atoms with Crippen molar-refractivity contribution in [1.82, 2.24) is 25.2 Å². The summed E-state index contributed by atoms with van der Waals surface area (Å²) in [6.45, 7) is 0. The Morgan fingerprint density at radius 3 is 2.75 bits per heavy atom. The summed E-state index contributed by atoms with van der Waals surface area (Å²) in [4.78, 5) is 21.1. The summed E-state index contributed by atoms with van der Waals surface area (Å²) in [5.74, 6) is 0.356. The van der Waals surface area contributed by atoms with E-state index in [2.05, 4.69) is 25.9 Å². The topological polar surface area (TPSA) is 94.0 Å². The van der Waals surface area contributed by atoms with Gasteiger partial charge in [0.25, 0.3) is 5.91 Å². The molecule has 1 aromatic carbocycles. The average molecular weight is 378 g/mol. The second-order valence-corrected chi connectivity index (χ2v) is 6.58. The maximum atomic E-state index is 12.9. The first-order valence-corrected chi connectivity index (χ1v) is 9.36. The van der Waals surface area contributed by atoms with Crippen LogP contribution < -0.4 is 15.6 Å². The van der Waals surface area contributed by atoms with E-state index < -0.39 is 0 Å². The third-order valence-electron chi connectivity index (χ3n) is 4.77. The zero-order valence-corrected chi connectivity index (χ0v) is 15.7. The Kier molecular flexibility index (Phi) is 5.18. The van der Waals surface area contributed by atoms with Gasteiger partial charge in [-0.3, -0.25) is 15.6 Å². The van der Waals surface area contributed by atoms with Crippen molar-refractivity contribution < 1.29 is 9.53 Å². The van der Waals surface area contributed by atoms with Crippen molar-refractivity contribution in [1.29, 1.82) is 0 Å². The minimum atomic E-state index is -0.306. The van der Waals surface area contributed by atoms with Gasteiger partial charge in [-0.05, 0) is 37.8 Å². The van der Waals surface area contributed by atoms with Crippen LogP contribution in [-0.4, -0.2) is 32.8 Å². The van der Waals surface area contributed by atoms with Crippen LogP contribution in [0.25, 0.3) is 5.69 Å². The second-order valence-electron chi connectivity index (χ2n) is 6.58. The molecule has 4 rings (SSSR count). The van der Waals surface area contributed by atoms with Crippen molar-refractivity contribution in [3.8, 4) is 11.6 Å². The molecular formula is C20H22N6O2. The van der Waals surface area contributed by atoms with Crippen LogP contribution in [0.15, 0.2) is 42.6 Å². The van der Waals surface area contributed by atoms with Gasteiger partial charge in [-0.1, -0.05) is 24.6 Å². The number of aromatic nitrogens is 4. The molecule has 0 spiro atoms. The van der Waals surface area contributed by atoms with Crippen molar-refractivity contribution in [2.24, 2.45) is 0 Å². The molecule has 28 heavy (non-hydrogen) atoms. The molecule has 0 bridgehead atoms. The molecule has 0 atom stereocenters. The summed E-state index contributed by atoms with van der Waals surface area (Å²) in [6, 6.07) is 11.6. The number of nitrogens with zero attached hydrogens (tertiary/aromatic N) is 4. The molecule has 1 aliphatic carbocycles. The number of para-hydroxylation sites is 1. The Bertz CT molecular complexity index is 970. The summed E-state index contributed by atoms with van der Waals surface area (Å²) < 4.78 is 6.97. The van der Waals surface area contributed by atoms with Gasteiger partial charge in [0.1, 0.15) is 0 Å². The predicted octanol–water partition coefficient (Wildman–Crippen LogP) is 2.70. The largest absolute Gasteiger partial charge is 0.481 e. The number of anilines is 1. The summed E-state index contributed by atoms with van der Waals surface area (Å²) in [6.07, 6.45) is 6.62. The first kappa shape index (κ1) is 18.0. The third kappa shape index (κ3) is 3.66. The van der Waals surface area contributed by atoms with E-state index in [1.165, 1.54) is 7.11 Å². The molecule has 0 saturated carbocycles. The van der Waals surface area contributed by atoms with Gasteiger partial charge in [0.05, 0.1) is 12.8 Å². The van der Waals surface area contributed by atoms with Crippen LogP contribution in [0, 0.1) is 0 Å². The summed E-state index contributed by atoms with van der Waals surface area (Å²) >= 11 is 0. The monoisotopic (exact) mass is 378 g/mol. The van der Waals surface area contributed by atoms with Crippen molar-refractivity contribution in [2.75, 3.05) is 12.5 Å². The highest BCUT2D eigenvalue weighted by molar-refractivity contribution is 5.94. The summed E-state index contributed by atoms with van der Waals surface area (Å²) in [7, 11) is 1.52. The number of nitrogens with one attached hydrogen (secondary N) is 2. The second kappa shape index (κ2) is 8.08. The highest BCUT2D eigenvalue weighted by atomic mass is 16.5. The molecule has 2 N–H and O–H groups in total. The number of benzene rings is 1. The first-order valence-electron chi connectivity index (χ1n) is 9.36. The Hall–Kier alpha value is -3.42. The minimum Gasteiger partial charge on any atom is -0.481 e. The number of methoxy groups -OCH3 is 1. The van der Waals surface area contributed by atoms with Crippen LogP contribution in [0.2, 0.25) is 0 Å². The van der Waals surface area contributed by atoms with E-state index >= 15 is 0 Å². The molecule has 8 nitrogen and oxygen atoms in total. The van der Waals surface area contributed by atoms with Gasteiger partial charge in [0.2, 0.25) is 11.8 Å². The lowest BCUT2D eigenvalue weighted by molar-refractivity contribution is 0.0956. The molecule has 3 aromatic rings. The Balaban J connectivity index is 1.61. The maximum Gasteiger partial charge on any atom is 0.290 e. The fourth-order valence-electron chi connectivity index (χ4n) is 3.43. The number of fused-ring (bicyclic) bond motifs is 1. The lowest BCUT2D eigenvalue weighted by Crippen LogP contribution is -2.31. The standard InChI is InChI=1S/C20H22N6O2/c1-28-17-12-13-21-20(22-17)24-23-19(27)18-15-10-6-3-7-11-16(15)26(25-18)14-8-4-2-5-9-14/h2,4-5,8-9,12-13H,3,6-7,10-11H2,1H3,(H,23,27)(H,21,22,24). The average Bonchev–Trinajstić information content (AvgIpc) is 2.94. The van der Waals surface area contributed by atoms with E-state index in [1.54, 1.807) is 12.3 Å². The van der Waals surface area contributed by atoms with E-state index in [0.717, 1.165) is 49.0 Å². The number of hydrazine groups is 1. The molecule has 8 heteroatoms. The number of hydrogen-bond donors (Lipinski definition) is 2. The lowest BCUT2D eigenvalue weighted by atomic mass is 10.1. The van der Waals surface area contributed by atoms with Crippen LogP contribution in [-0.2, 0) is 12.8 Å². The van der Waals surface area contributed by atoms with Crippen LogP contribution >= 0.6 is 0 Å².